The van der Waals surface area contributed by atoms with Crippen LogP contribution >= 0.6 is 22.6 Å². The Morgan fingerprint density at radius 1 is 0.952 bits per heavy atom. The number of rotatable bonds is 4. The first-order valence-electron chi connectivity index (χ1n) is 6.17. The Kier molecular flexibility index (Phi) is 6.81. The number of hydrogen-bond acceptors (Lipinski definition) is 8. The number of aliphatic hydroxyl groups excluding tert-OH is 1. The van der Waals surface area contributed by atoms with E-state index in [1.165, 1.54) is 6.92 Å². The Balaban J connectivity index is 3.08. The molecule has 1 fully saturated rings. The fraction of sp³-hybridized carbons (Fsp3) is 0.750. The van der Waals surface area contributed by atoms with Crippen molar-refractivity contribution >= 4 is 40.5 Å². The van der Waals surface area contributed by atoms with Crippen LogP contribution in [0.3, 0.4) is 0 Å². The predicted octanol–water partition coefficient (Wildman–Crippen LogP) is -0.0663. The van der Waals surface area contributed by atoms with Gasteiger partial charge in [-0.1, -0.05) is 22.6 Å². The van der Waals surface area contributed by atoms with Gasteiger partial charge in [0.05, 0.1) is 0 Å². The summed E-state index contributed by atoms with van der Waals surface area (Å²) in [7, 11) is 0. The van der Waals surface area contributed by atoms with Gasteiger partial charge >= 0.3 is 17.9 Å². The van der Waals surface area contributed by atoms with E-state index >= 15 is 0 Å². The molecular formula is C12H17IO8. The van der Waals surface area contributed by atoms with Gasteiger partial charge in [0, 0.05) is 25.2 Å². The van der Waals surface area contributed by atoms with Crippen molar-refractivity contribution < 1.29 is 38.4 Å². The van der Waals surface area contributed by atoms with Gasteiger partial charge in [0.2, 0.25) is 0 Å². The van der Waals surface area contributed by atoms with Gasteiger partial charge in [-0.05, 0) is 0 Å². The van der Waals surface area contributed by atoms with Crippen LogP contribution in [0.4, 0.5) is 0 Å². The van der Waals surface area contributed by atoms with Gasteiger partial charge in [-0.3, -0.25) is 14.4 Å². The quantitative estimate of drug-likeness (QED) is 0.294. The third-order valence-corrected chi connectivity index (χ3v) is 3.54. The SMILES string of the molecule is CC(=O)O[C@H]1[C@H](OC(C)=O)C(CI)OC(O)[C@@H]1OC(C)=O. The van der Waals surface area contributed by atoms with Gasteiger partial charge in [0.25, 0.3) is 0 Å². The lowest BCUT2D eigenvalue weighted by molar-refractivity contribution is -0.286. The first-order valence-corrected chi connectivity index (χ1v) is 7.70. The maximum atomic E-state index is 11.2. The zero-order chi connectivity index (χ0) is 16.2. The number of hydrogen-bond donors (Lipinski definition) is 1. The van der Waals surface area contributed by atoms with Crippen LogP contribution in [-0.2, 0) is 33.3 Å². The van der Waals surface area contributed by atoms with Crippen LogP contribution in [0.15, 0.2) is 0 Å². The Hall–Kier alpha value is -0.940. The summed E-state index contributed by atoms with van der Waals surface area (Å²) in [4.78, 5) is 33.6. The summed E-state index contributed by atoms with van der Waals surface area (Å²) in [5, 5.41) is 9.92. The maximum Gasteiger partial charge on any atom is 0.303 e. The van der Waals surface area contributed by atoms with Crippen molar-refractivity contribution in [1.82, 2.24) is 0 Å². The predicted molar refractivity (Wildman–Crippen MR) is 76.4 cm³/mol. The van der Waals surface area contributed by atoms with Crippen molar-refractivity contribution in [2.24, 2.45) is 0 Å². The average Bonchev–Trinajstić information content (AvgIpc) is 2.35. The molecule has 1 aliphatic rings. The molecule has 0 spiro atoms. The molecule has 8 nitrogen and oxygen atoms in total. The third kappa shape index (κ3) is 5.08. The normalized spacial score (nSPS) is 32.1. The monoisotopic (exact) mass is 416 g/mol. The lowest BCUT2D eigenvalue weighted by atomic mass is 9.99. The van der Waals surface area contributed by atoms with E-state index in [2.05, 4.69) is 0 Å². The second-order valence-corrected chi connectivity index (χ2v) is 5.32. The van der Waals surface area contributed by atoms with Crippen molar-refractivity contribution in [1.29, 1.82) is 0 Å². The van der Waals surface area contributed by atoms with Crippen LogP contribution in [0.5, 0.6) is 0 Å². The van der Waals surface area contributed by atoms with Gasteiger partial charge in [-0.25, -0.2) is 0 Å². The third-order valence-electron chi connectivity index (χ3n) is 2.67. The summed E-state index contributed by atoms with van der Waals surface area (Å²) in [5.74, 6) is -1.95. The Labute approximate surface area is 135 Å². The summed E-state index contributed by atoms with van der Waals surface area (Å²) in [6.07, 6.45) is -5.56. The molecule has 1 heterocycles. The lowest BCUT2D eigenvalue weighted by Gasteiger charge is -2.42. The summed E-state index contributed by atoms with van der Waals surface area (Å²) >= 11 is 1.98. The van der Waals surface area contributed by atoms with Gasteiger partial charge in [-0.15, -0.1) is 0 Å². The van der Waals surface area contributed by atoms with E-state index in [9.17, 15) is 19.5 Å². The zero-order valence-electron chi connectivity index (χ0n) is 11.8. The van der Waals surface area contributed by atoms with E-state index in [4.69, 9.17) is 18.9 Å². The molecule has 2 unspecified atom stereocenters. The molecule has 0 saturated carbocycles. The number of ether oxygens (including phenoxy) is 4. The first kappa shape index (κ1) is 18.1. The van der Waals surface area contributed by atoms with Gasteiger partial charge in [0.1, 0.15) is 6.10 Å². The molecule has 0 radical (unpaired) electrons. The van der Waals surface area contributed by atoms with Crippen LogP contribution in [0.25, 0.3) is 0 Å². The van der Waals surface area contributed by atoms with Crippen LogP contribution in [-0.4, -0.2) is 58.1 Å². The van der Waals surface area contributed by atoms with E-state index in [-0.39, 0.29) is 0 Å². The highest BCUT2D eigenvalue weighted by atomic mass is 127. The molecule has 1 aliphatic heterocycles. The number of carbonyl (C=O) groups excluding carboxylic acids is 3. The Bertz CT molecular complexity index is 412. The van der Waals surface area contributed by atoms with E-state index in [0.717, 1.165) is 13.8 Å². The highest BCUT2D eigenvalue weighted by Crippen LogP contribution is 2.28. The topological polar surface area (TPSA) is 108 Å². The molecule has 1 rings (SSSR count). The molecule has 0 bridgehead atoms. The molecule has 1 N–H and O–H groups in total. The number of alkyl halides is 1. The van der Waals surface area contributed by atoms with E-state index < -0.39 is 48.6 Å². The number of carbonyl (C=O) groups is 3. The molecule has 9 heteroatoms. The molecule has 0 aromatic rings. The second kappa shape index (κ2) is 7.90. The minimum absolute atomic E-state index is 0.372. The largest absolute Gasteiger partial charge is 0.456 e. The minimum Gasteiger partial charge on any atom is -0.456 e. The van der Waals surface area contributed by atoms with E-state index in [1.807, 2.05) is 22.6 Å². The van der Waals surface area contributed by atoms with Crippen molar-refractivity contribution in [3.8, 4) is 0 Å². The molecule has 21 heavy (non-hydrogen) atoms. The summed E-state index contributed by atoms with van der Waals surface area (Å²) < 4.78 is 20.8. The van der Waals surface area contributed by atoms with Crippen molar-refractivity contribution in [3.05, 3.63) is 0 Å². The number of halogens is 1. The standard InChI is InChI=1S/C12H17IO8/c1-5(14)18-9-8(4-13)21-12(17)11(20-7(3)16)10(9)19-6(2)15/h8-12,17H,4H2,1-3H3/t8?,9-,10+,11-,12?/m1/s1. The molecule has 0 aliphatic carbocycles. The summed E-state index contributed by atoms with van der Waals surface area (Å²) in [5.41, 5.74) is 0. The summed E-state index contributed by atoms with van der Waals surface area (Å²) in [6.45, 7) is 3.50. The lowest BCUT2D eigenvalue weighted by Crippen LogP contribution is -2.61. The molecular weight excluding hydrogens is 399 g/mol. The van der Waals surface area contributed by atoms with Crippen LogP contribution in [0.2, 0.25) is 0 Å². The number of aliphatic hydroxyl groups is 1. The van der Waals surface area contributed by atoms with Gasteiger partial charge in [0.15, 0.2) is 24.6 Å². The maximum absolute atomic E-state index is 11.2. The fourth-order valence-electron chi connectivity index (χ4n) is 2.00. The molecule has 0 amide bonds. The number of esters is 3. The zero-order valence-corrected chi connectivity index (χ0v) is 13.9. The molecule has 120 valence electrons. The Morgan fingerprint density at radius 2 is 1.38 bits per heavy atom. The second-order valence-electron chi connectivity index (χ2n) is 4.44. The smallest absolute Gasteiger partial charge is 0.303 e. The van der Waals surface area contributed by atoms with Crippen LogP contribution in [0, 0.1) is 0 Å². The molecule has 5 atom stereocenters. The highest BCUT2D eigenvalue weighted by Gasteiger charge is 2.50. The van der Waals surface area contributed by atoms with E-state index in [0.29, 0.717) is 4.43 Å². The molecule has 0 aromatic heterocycles. The molecule has 1 saturated heterocycles. The van der Waals surface area contributed by atoms with Crippen molar-refractivity contribution in [3.63, 3.8) is 0 Å². The fourth-order valence-corrected chi connectivity index (χ4v) is 2.70. The highest BCUT2D eigenvalue weighted by molar-refractivity contribution is 14.1. The van der Waals surface area contributed by atoms with Crippen LogP contribution < -0.4 is 0 Å². The average molecular weight is 416 g/mol. The van der Waals surface area contributed by atoms with Gasteiger partial charge < -0.3 is 24.1 Å². The van der Waals surface area contributed by atoms with Crippen molar-refractivity contribution in [2.45, 2.75) is 51.5 Å². The first-order chi connectivity index (χ1) is 9.76. The van der Waals surface area contributed by atoms with Crippen LogP contribution in [0.1, 0.15) is 20.8 Å². The minimum atomic E-state index is -1.48. The molecule has 0 aromatic carbocycles. The van der Waals surface area contributed by atoms with E-state index in [1.54, 1.807) is 0 Å². The van der Waals surface area contributed by atoms with Gasteiger partial charge in [-0.2, -0.15) is 0 Å². The summed E-state index contributed by atoms with van der Waals surface area (Å²) in [6, 6.07) is 0. The van der Waals surface area contributed by atoms with Crippen molar-refractivity contribution in [2.75, 3.05) is 4.43 Å². The Morgan fingerprint density at radius 3 is 1.81 bits per heavy atom.